The highest BCUT2D eigenvalue weighted by atomic mass is 35.5. The van der Waals surface area contributed by atoms with Gasteiger partial charge in [0.1, 0.15) is 0 Å². The molecule has 0 saturated carbocycles. The average molecular weight is 242 g/mol. The third-order valence-corrected chi connectivity index (χ3v) is 2.28. The number of halogens is 1. The number of carbonyl (C=O) groups excluding carboxylic acids is 1. The Morgan fingerprint density at radius 2 is 2.31 bits per heavy atom. The van der Waals surface area contributed by atoms with Crippen LogP contribution in [-0.2, 0) is 4.74 Å². The van der Waals surface area contributed by atoms with Crippen LogP contribution >= 0.6 is 11.6 Å². The molecule has 0 aliphatic heterocycles. The Bertz CT molecular complexity index is 342. The average Bonchev–Trinajstić information content (AvgIpc) is 2.28. The van der Waals surface area contributed by atoms with Crippen LogP contribution in [0.1, 0.15) is 23.7 Å². The second-order valence-corrected chi connectivity index (χ2v) is 3.75. The summed E-state index contributed by atoms with van der Waals surface area (Å²) < 4.78 is 5.17. The largest absolute Gasteiger partial charge is 0.382 e. The number of amides is 1. The van der Waals surface area contributed by atoms with Crippen LogP contribution < -0.4 is 5.32 Å². The normalized spacial score (nSPS) is 10.1. The molecule has 16 heavy (non-hydrogen) atoms. The van der Waals surface area contributed by atoms with E-state index < -0.39 is 0 Å². The van der Waals surface area contributed by atoms with Gasteiger partial charge in [0.25, 0.3) is 5.91 Å². The smallest absolute Gasteiger partial charge is 0.251 e. The zero-order chi connectivity index (χ0) is 11.8. The number of hydrogen-bond acceptors (Lipinski definition) is 2. The van der Waals surface area contributed by atoms with Gasteiger partial charge in [-0.15, -0.1) is 0 Å². The van der Waals surface area contributed by atoms with Crippen molar-refractivity contribution in [2.24, 2.45) is 0 Å². The Labute approximate surface area is 101 Å². The molecule has 0 aromatic heterocycles. The lowest BCUT2D eigenvalue weighted by atomic mass is 10.2. The maximum atomic E-state index is 11.6. The first-order chi connectivity index (χ1) is 7.74. The summed E-state index contributed by atoms with van der Waals surface area (Å²) in [5, 5.41) is 3.38. The lowest BCUT2D eigenvalue weighted by Gasteiger charge is -2.05. The first kappa shape index (κ1) is 13.0. The summed E-state index contributed by atoms with van der Waals surface area (Å²) in [5.41, 5.74) is 0.587. The summed E-state index contributed by atoms with van der Waals surface area (Å²) in [6, 6.07) is 6.90. The van der Waals surface area contributed by atoms with E-state index >= 15 is 0 Å². The molecule has 0 aliphatic carbocycles. The summed E-state index contributed by atoms with van der Waals surface area (Å²) in [6.45, 7) is 3.95. The minimum atomic E-state index is -0.0981. The van der Waals surface area contributed by atoms with Gasteiger partial charge in [0.15, 0.2) is 0 Å². The van der Waals surface area contributed by atoms with E-state index in [0.717, 1.165) is 6.42 Å². The van der Waals surface area contributed by atoms with Gasteiger partial charge in [-0.3, -0.25) is 4.79 Å². The minimum absolute atomic E-state index is 0.0981. The van der Waals surface area contributed by atoms with E-state index in [9.17, 15) is 4.79 Å². The fourth-order valence-electron chi connectivity index (χ4n) is 1.25. The van der Waals surface area contributed by atoms with Crippen LogP contribution in [0.5, 0.6) is 0 Å². The fraction of sp³-hybridized carbons (Fsp3) is 0.417. The number of rotatable bonds is 6. The van der Waals surface area contributed by atoms with E-state index in [2.05, 4.69) is 5.32 Å². The zero-order valence-corrected chi connectivity index (χ0v) is 10.1. The quantitative estimate of drug-likeness (QED) is 0.778. The summed E-state index contributed by atoms with van der Waals surface area (Å²) >= 11 is 5.79. The molecule has 1 N–H and O–H groups in total. The van der Waals surface area contributed by atoms with Gasteiger partial charge in [0.2, 0.25) is 0 Å². The Kier molecular flexibility index (Phi) is 5.90. The molecule has 0 saturated heterocycles. The van der Waals surface area contributed by atoms with Crippen LogP contribution in [-0.4, -0.2) is 25.7 Å². The topological polar surface area (TPSA) is 38.3 Å². The molecule has 1 rings (SSSR count). The molecule has 1 aromatic rings. The molecule has 0 aliphatic rings. The molecule has 0 spiro atoms. The molecule has 4 heteroatoms. The van der Waals surface area contributed by atoms with Crippen molar-refractivity contribution in [2.45, 2.75) is 13.3 Å². The van der Waals surface area contributed by atoms with Crippen molar-refractivity contribution >= 4 is 17.5 Å². The lowest BCUT2D eigenvalue weighted by Crippen LogP contribution is -2.25. The third-order valence-electron chi connectivity index (χ3n) is 2.04. The third kappa shape index (κ3) is 4.64. The highest BCUT2D eigenvalue weighted by Gasteiger charge is 2.04. The van der Waals surface area contributed by atoms with Crippen molar-refractivity contribution in [2.75, 3.05) is 19.8 Å². The second-order valence-electron chi connectivity index (χ2n) is 3.32. The standard InChI is InChI=1S/C12H16ClNO2/c1-2-16-8-4-7-14-12(15)10-5-3-6-11(13)9-10/h3,5-6,9H,2,4,7-8H2,1H3,(H,14,15). The summed E-state index contributed by atoms with van der Waals surface area (Å²) in [5.74, 6) is -0.0981. The van der Waals surface area contributed by atoms with Crippen molar-refractivity contribution in [3.63, 3.8) is 0 Å². The van der Waals surface area contributed by atoms with Crippen LogP contribution in [0.15, 0.2) is 24.3 Å². The zero-order valence-electron chi connectivity index (χ0n) is 9.33. The second kappa shape index (κ2) is 7.25. The fourth-order valence-corrected chi connectivity index (χ4v) is 1.44. The van der Waals surface area contributed by atoms with E-state index in [-0.39, 0.29) is 5.91 Å². The van der Waals surface area contributed by atoms with E-state index in [1.54, 1.807) is 24.3 Å². The van der Waals surface area contributed by atoms with Gasteiger partial charge in [-0.05, 0) is 31.5 Å². The first-order valence-corrected chi connectivity index (χ1v) is 5.73. The van der Waals surface area contributed by atoms with E-state index in [1.807, 2.05) is 6.92 Å². The number of benzene rings is 1. The van der Waals surface area contributed by atoms with E-state index in [4.69, 9.17) is 16.3 Å². The SMILES string of the molecule is CCOCCCNC(=O)c1cccc(Cl)c1. The molecule has 88 valence electrons. The van der Waals surface area contributed by atoms with Crippen LogP contribution in [0, 0.1) is 0 Å². The van der Waals surface area contributed by atoms with Gasteiger partial charge in [0, 0.05) is 30.3 Å². The molecule has 0 unspecified atom stereocenters. The molecule has 1 aromatic carbocycles. The maximum Gasteiger partial charge on any atom is 0.251 e. The van der Waals surface area contributed by atoms with Crippen molar-refractivity contribution in [3.05, 3.63) is 34.9 Å². The van der Waals surface area contributed by atoms with E-state index in [0.29, 0.717) is 30.3 Å². The lowest BCUT2D eigenvalue weighted by molar-refractivity contribution is 0.0944. The molecule has 0 fully saturated rings. The van der Waals surface area contributed by atoms with Gasteiger partial charge < -0.3 is 10.1 Å². The van der Waals surface area contributed by atoms with Crippen LogP contribution in [0.3, 0.4) is 0 Å². The molecular formula is C12H16ClNO2. The van der Waals surface area contributed by atoms with Gasteiger partial charge in [-0.25, -0.2) is 0 Å². The number of ether oxygens (including phenoxy) is 1. The molecule has 0 atom stereocenters. The summed E-state index contributed by atoms with van der Waals surface area (Å²) in [7, 11) is 0. The van der Waals surface area contributed by atoms with Crippen molar-refractivity contribution in [1.82, 2.24) is 5.32 Å². The first-order valence-electron chi connectivity index (χ1n) is 5.35. The van der Waals surface area contributed by atoms with Crippen molar-refractivity contribution in [1.29, 1.82) is 0 Å². The Morgan fingerprint density at radius 3 is 3.00 bits per heavy atom. The number of hydrogen-bond donors (Lipinski definition) is 1. The molecule has 0 heterocycles. The Hall–Kier alpha value is -1.06. The van der Waals surface area contributed by atoms with Crippen LogP contribution in [0.2, 0.25) is 5.02 Å². The highest BCUT2D eigenvalue weighted by molar-refractivity contribution is 6.30. The molecule has 0 bridgehead atoms. The van der Waals surface area contributed by atoms with Crippen molar-refractivity contribution in [3.8, 4) is 0 Å². The van der Waals surface area contributed by atoms with Crippen LogP contribution in [0.4, 0.5) is 0 Å². The monoisotopic (exact) mass is 241 g/mol. The molecule has 0 radical (unpaired) electrons. The Morgan fingerprint density at radius 1 is 1.50 bits per heavy atom. The van der Waals surface area contributed by atoms with Gasteiger partial charge >= 0.3 is 0 Å². The maximum absolute atomic E-state index is 11.6. The van der Waals surface area contributed by atoms with Gasteiger partial charge in [0.05, 0.1) is 0 Å². The predicted octanol–water partition coefficient (Wildman–Crippen LogP) is 2.50. The number of nitrogens with one attached hydrogen (secondary N) is 1. The molecular weight excluding hydrogens is 226 g/mol. The highest BCUT2D eigenvalue weighted by Crippen LogP contribution is 2.10. The van der Waals surface area contributed by atoms with Gasteiger partial charge in [-0.1, -0.05) is 17.7 Å². The number of carbonyl (C=O) groups is 1. The molecule has 3 nitrogen and oxygen atoms in total. The predicted molar refractivity (Wildman–Crippen MR) is 64.9 cm³/mol. The summed E-state index contributed by atoms with van der Waals surface area (Å²) in [4.78, 5) is 11.6. The molecule has 1 amide bonds. The van der Waals surface area contributed by atoms with Gasteiger partial charge in [-0.2, -0.15) is 0 Å². The minimum Gasteiger partial charge on any atom is -0.382 e. The Balaban J connectivity index is 2.30. The summed E-state index contributed by atoms with van der Waals surface area (Å²) in [6.07, 6.45) is 0.820. The van der Waals surface area contributed by atoms with Crippen molar-refractivity contribution < 1.29 is 9.53 Å². The van der Waals surface area contributed by atoms with E-state index in [1.165, 1.54) is 0 Å². The van der Waals surface area contributed by atoms with Crippen LogP contribution in [0.25, 0.3) is 0 Å².